The van der Waals surface area contributed by atoms with Crippen molar-refractivity contribution >= 4 is 46.5 Å². The third-order valence-corrected chi connectivity index (χ3v) is 3.41. The van der Waals surface area contributed by atoms with E-state index >= 15 is 0 Å². The largest absolute Gasteiger partial charge is 0.338 e. The number of carbonyl (C=O) groups excluding carboxylic acids is 1. The lowest BCUT2D eigenvalue weighted by Crippen LogP contribution is -2.30. The van der Waals surface area contributed by atoms with Gasteiger partial charge >= 0.3 is 6.03 Å². The Bertz CT molecular complexity index is 609. The molecule has 0 heterocycles. The van der Waals surface area contributed by atoms with Crippen LogP contribution in [-0.4, -0.2) is 12.6 Å². The highest BCUT2D eigenvalue weighted by atomic mass is 35.5. The Labute approximate surface area is 138 Å². The zero-order valence-electron chi connectivity index (χ0n) is 11.0. The molecular weight excluding hydrogens is 331 g/mol. The number of nitrogens with one attached hydrogen (secondary N) is 2. The Morgan fingerprint density at radius 3 is 2.14 bits per heavy atom. The van der Waals surface area contributed by atoms with Crippen molar-refractivity contribution in [3.05, 3.63) is 63.1 Å². The van der Waals surface area contributed by atoms with Crippen LogP contribution in [0.4, 0.5) is 10.5 Å². The van der Waals surface area contributed by atoms with Crippen LogP contribution in [0, 0.1) is 0 Å². The number of urea groups is 1. The van der Waals surface area contributed by atoms with Crippen molar-refractivity contribution in [1.82, 2.24) is 5.32 Å². The van der Waals surface area contributed by atoms with Crippen LogP contribution in [-0.2, 0) is 6.42 Å². The number of hydrogen-bond donors (Lipinski definition) is 2. The van der Waals surface area contributed by atoms with E-state index in [0.29, 0.717) is 33.7 Å². The van der Waals surface area contributed by atoms with Crippen LogP contribution in [0.25, 0.3) is 0 Å². The van der Waals surface area contributed by atoms with E-state index in [1.165, 1.54) is 0 Å². The second-order valence-corrected chi connectivity index (χ2v) is 5.72. The topological polar surface area (TPSA) is 41.1 Å². The number of amides is 2. The van der Waals surface area contributed by atoms with Crippen molar-refractivity contribution in [2.75, 3.05) is 11.9 Å². The molecule has 0 spiro atoms. The summed E-state index contributed by atoms with van der Waals surface area (Å²) < 4.78 is 0. The van der Waals surface area contributed by atoms with E-state index in [0.717, 1.165) is 5.56 Å². The van der Waals surface area contributed by atoms with Crippen molar-refractivity contribution in [2.24, 2.45) is 0 Å². The molecule has 2 aromatic carbocycles. The van der Waals surface area contributed by atoms with Gasteiger partial charge in [0.15, 0.2) is 0 Å². The fraction of sp³-hybridized carbons (Fsp3) is 0.133. The quantitative estimate of drug-likeness (QED) is 0.805. The SMILES string of the molecule is O=C(NCCc1cc(Cl)cc(Cl)c1)Nc1ccc(Cl)cc1. The highest BCUT2D eigenvalue weighted by Crippen LogP contribution is 2.19. The first-order chi connectivity index (χ1) is 10.0. The van der Waals surface area contributed by atoms with Crippen LogP contribution >= 0.6 is 34.8 Å². The molecule has 0 atom stereocenters. The molecule has 2 N–H and O–H groups in total. The first kappa shape index (κ1) is 16.0. The van der Waals surface area contributed by atoms with Crippen LogP contribution in [0.2, 0.25) is 15.1 Å². The van der Waals surface area contributed by atoms with Gasteiger partial charge in [-0.3, -0.25) is 0 Å². The average Bonchev–Trinajstić information content (AvgIpc) is 2.40. The Hall–Kier alpha value is -1.42. The first-order valence-electron chi connectivity index (χ1n) is 6.28. The standard InChI is InChI=1S/C15H13Cl3N2O/c16-11-1-3-14(4-2-11)20-15(21)19-6-5-10-7-12(17)9-13(18)8-10/h1-4,7-9H,5-6H2,(H2,19,20,21). The fourth-order valence-electron chi connectivity index (χ4n) is 1.78. The predicted molar refractivity (Wildman–Crippen MR) is 88.6 cm³/mol. The Balaban J connectivity index is 1.80. The Kier molecular flexibility index (Phi) is 5.74. The number of anilines is 1. The summed E-state index contributed by atoms with van der Waals surface area (Å²) in [6.45, 7) is 0.482. The van der Waals surface area contributed by atoms with Gasteiger partial charge in [-0.2, -0.15) is 0 Å². The summed E-state index contributed by atoms with van der Waals surface area (Å²) >= 11 is 17.6. The maximum atomic E-state index is 11.7. The van der Waals surface area contributed by atoms with E-state index in [1.54, 1.807) is 30.3 Å². The Morgan fingerprint density at radius 1 is 0.905 bits per heavy atom. The minimum absolute atomic E-state index is 0.273. The summed E-state index contributed by atoms with van der Waals surface area (Å²) in [5.41, 5.74) is 1.65. The van der Waals surface area contributed by atoms with Crippen molar-refractivity contribution in [3.8, 4) is 0 Å². The van der Waals surface area contributed by atoms with Crippen LogP contribution in [0.3, 0.4) is 0 Å². The predicted octanol–water partition coefficient (Wildman–Crippen LogP) is 5.01. The van der Waals surface area contributed by atoms with E-state index in [1.807, 2.05) is 12.1 Å². The van der Waals surface area contributed by atoms with Crippen molar-refractivity contribution in [2.45, 2.75) is 6.42 Å². The summed E-state index contributed by atoms with van der Waals surface area (Å²) in [7, 11) is 0. The molecule has 6 heteroatoms. The lowest BCUT2D eigenvalue weighted by atomic mass is 10.1. The molecular formula is C15H13Cl3N2O. The molecule has 3 nitrogen and oxygen atoms in total. The summed E-state index contributed by atoms with van der Waals surface area (Å²) in [6.07, 6.45) is 0.647. The third-order valence-electron chi connectivity index (χ3n) is 2.72. The third kappa shape index (κ3) is 5.46. The number of rotatable bonds is 4. The average molecular weight is 344 g/mol. The summed E-state index contributed by atoms with van der Waals surface area (Å²) in [4.78, 5) is 11.7. The van der Waals surface area contributed by atoms with Gasteiger partial charge in [0.25, 0.3) is 0 Å². The molecule has 0 saturated heterocycles. The number of hydrogen-bond acceptors (Lipinski definition) is 1. The van der Waals surface area contributed by atoms with Gasteiger partial charge in [-0.25, -0.2) is 4.79 Å². The van der Waals surface area contributed by atoms with Gasteiger partial charge in [0.05, 0.1) is 0 Å². The molecule has 0 unspecified atom stereocenters. The fourth-order valence-corrected chi connectivity index (χ4v) is 2.48. The van der Waals surface area contributed by atoms with Gasteiger partial charge in [-0.15, -0.1) is 0 Å². The van der Waals surface area contributed by atoms with E-state index < -0.39 is 0 Å². The zero-order valence-corrected chi connectivity index (χ0v) is 13.3. The molecule has 0 bridgehead atoms. The van der Waals surface area contributed by atoms with Gasteiger partial charge < -0.3 is 10.6 Å². The molecule has 21 heavy (non-hydrogen) atoms. The molecule has 110 valence electrons. The summed E-state index contributed by atoms with van der Waals surface area (Å²) in [6, 6.07) is 11.9. The minimum Gasteiger partial charge on any atom is -0.338 e. The summed E-state index contributed by atoms with van der Waals surface area (Å²) in [5, 5.41) is 7.28. The van der Waals surface area contributed by atoms with E-state index in [-0.39, 0.29) is 6.03 Å². The number of carbonyl (C=O) groups is 1. The van der Waals surface area contributed by atoms with Crippen LogP contribution in [0.1, 0.15) is 5.56 Å². The highest BCUT2D eigenvalue weighted by Gasteiger charge is 2.02. The molecule has 0 fully saturated rings. The smallest absolute Gasteiger partial charge is 0.319 e. The van der Waals surface area contributed by atoms with Gasteiger partial charge in [-0.05, 0) is 54.4 Å². The van der Waals surface area contributed by atoms with Crippen LogP contribution < -0.4 is 10.6 Å². The molecule has 0 aliphatic heterocycles. The number of benzene rings is 2. The molecule has 0 aliphatic carbocycles. The van der Waals surface area contributed by atoms with Gasteiger partial charge in [0.2, 0.25) is 0 Å². The maximum absolute atomic E-state index is 11.7. The van der Waals surface area contributed by atoms with Crippen LogP contribution in [0.15, 0.2) is 42.5 Å². The minimum atomic E-state index is -0.273. The molecule has 0 radical (unpaired) electrons. The van der Waals surface area contributed by atoms with Crippen LogP contribution in [0.5, 0.6) is 0 Å². The molecule has 0 aromatic heterocycles. The van der Waals surface area contributed by atoms with Crippen molar-refractivity contribution in [3.63, 3.8) is 0 Å². The molecule has 2 amide bonds. The normalized spacial score (nSPS) is 10.2. The molecule has 0 aliphatic rings. The van der Waals surface area contributed by atoms with Gasteiger partial charge in [0, 0.05) is 27.3 Å². The first-order valence-corrected chi connectivity index (χ1v) is 7.42. The van der Waals surface area contributed by atoms with Gasteiger partial charge in [0.1, 0.15) is 0 Å². The van der Waals surface area contributed by atoms with Crippen molar-refractivity contribution in [1.29, 1.82) is 0 Å². The van der Waals surface area contributed by atoms with Gasteiger partial charge in [-0.1, -0.05) is 34.8 Å². The lowest BCUT2D eigenvalue weighted by Gasteiger charge is -2.08. The molecule has 2 rings (SSSR count). The monoisotopic (exact) mass is 342 g/mol. The number of halogens is 3. The maximum Gasteiger partial charge on any atom is 0.319 e. The molecule has 2 aromatic rings. The summed E-state index contributed by atoms with van der Waals surface area (Å²) in [5.74, 6) is 0. The lowest BCUT2D eigenvalue weighted by molar-refractivity contribution is 0.252. The molecule has 0 saturated carbocycles. The zero-order chi connectivity index (χ0) is 15.2. The second kappa shape index (κ2) is 7.55. The van der Waals surface area contributed by atoms with E-state index in [2.05, 4.69) is 10.6 Å². The van der Waals surface area contributed by atoms with Crippen molar-refractivity contribution < 1.29 is 4.79 Å². The second-order valence-electron chi connectivity index (χ2n) is 4.42. The Morgan fingerprint density at radius 2 is 1.52 bits per heavy atom. The van der Waals surface area contributed by atoms with E-state index in [9.17, 15) is 4.79 Å². The highest BCUT2D eigenvalue weighted by molar-refractivity contribution is 6.34. The van der Waals surface area contributed by atoms with E-state index in [4.69, 9.17) is 34.8 Å².